The summed E-state index contributed by atoms with van der Waals surface area (Å²) in [6.45, 7) is 3.56. The van der Waals surface area contributed by atoms with Gasteiger partial charge in [0.2, 0.25) is 0 Å². The summed E-state index contributed by atoms with van der Waals surface area (Å²) in [7, 11) is 0. The summed E-state index contributed by atoms with van der Waals surface area (Å²) < 4.78 is 6.27. The Balaban J connectivity index is 1.83. The largest absolute Gasteiger partial charge is 0.445 e. The second kappa shape index (κ2) is 7.93. The van der Waals surface area contributed by atoms with Crippen LogP contribution in [0.2, 0.25) is 0 Å². The number of hydrogen-bond acceptors (Lipinski definition) is 4. The second-order valence-electron chi connectivity index (χ2n) is 4.84. The van der Waals surface area contributed by atoms with Gasteiger partial charge in [-0.3, -0.25) is 0 Å². The Hall–Kier alpha value is -1.69. The van der Waals surface area contributed by atoms with Crippen LogP contribution >= 0.6 is 15.9 Å². The highest BCUT2D eigenvalue weighted by Gasteiger charge is 2.21. The van der Waals surface area contributed by atoms with E-state index in [0.717, 1.165) is 16.6 Å². The van der Waals surface area contributed by atoms with Crippen LogP contribution in [0.4, 0.5) is 4.79 Å². The minimum Gasteiger partial charge on any atom is -0.445 e. The zero-order valence-corrected chi connectivity index (χ0v) is 13.6. The Bertz CT molecular complexity index is 493. The third kappa shape index (κ3) is 4.97. The molecule has 1 aromatic carbocycles. The SMILES string of the molecule is CCCN(CC1NC=C(Br)N1)C(=O)OCc1ccccc1. The van der Waals surface area contributed by atoms with Crippen LogP contribution in [0.25, 0.3) is 0 Å². The van der Waals surface area contributed by atoms with Gasteiger partial charge >= 0.3 is 6.09 Å². The van der Waals surface area contributed by atoms with Crippen LogP contribution in [-0.2, 0) is 11.3 Å². The van der Waals surface area contributed by atoms with Crippen LogP contribution in [0.1, 0.15) is 18.9 Å². The van der Waals surface area contributed by atoms with Crippen molar-refractivity contribution >= 4 is 22.0 Å². The predicted octanol–water partition coefficient (Wildman–Crippen LogP) is 2.75. The zero-order valence-electron chi connectivity index (χ0n) is 12.0. The Morgan fingerprint density at radius 1 is 1.38 bits per heavy atom. The van der Waals surface area contributed by atoms with Crippen molar-refractivity contribution in [1.82, 2.24) is 15.5 Å². The predicted molar refractivity (Wildman–Crippen MR) is 85.6 cm³/mol. The number of halogens is 1. The van der Waals surface area contributed by atoms with E-state index in [1.165, 1.54) is 0 Å². The molecule has 0 saturated heterocycles. The van der Waals surface area contributed by atoms with E-state index in [1.54, 1.807) is 4.90 Å². The second-order valence-corrected chi connectivity index (χ2v) is 5.70. The summed E-state index contributed by atoms with van der Waals surface area (Å²) in [5.74, 6) is 0. The zero-order chi connectivity index (χ0) is 15.1. The van der Waals surface area contributed by atoms with Crippen LogP contribution in [-0.4, -0.2) is 30.2 Å². The molecule has 1 aliphatic heterocycles. The molecule has 1 amide bonds. The van der Waals surface area contributed by atoms with Crippen molar-refractivity contribution < 1.29 is 9.53 Å². The van der Waals surface area contributed by atoms with Crippen LogP contribution in [0.5, 0.6) is 0 Å². The topological polar surface area (TPSA) is 53.6 Å². The first-order chi connectivity index (χ1) is 10.2. The number of amides is 1. The average Bonchev–Trinajstić information content (AvgIpc) is 2.91. The first kappa shape index (κ1) is 15.7. The first-order valence-electron chi connectivity index (χ1n) is 7.03. The fourth-order valence-corrected chi connectivity index (χ4v) is 2.49. The molecule has 1 aromatic rings. The van der Waals surface area contributed by atoms with Gasteiger partial charge < -0.3 is 20.3 Å². The minimum atomic E-state index is -0.285. The Labute approximate surface area is 133 Å². The van der Waals surface area contributed by atoms with E-state index in [-0.39, 0.29) is 12.3 Å². The molecule has 0 radical (unpaired) electrons. The summed E-state index contributed by atoms with van der Waals surface area (Å²) in [6, 6.07) is 9.69. The third-order valence-corrected chi connectivity index (χ3v) is 3.54. The number of benzene rings is 1. The molecule has 21 heavy (non-hydrogen) atoms. The van der Waals surface area contributed by atoms with Crippen molar-refractivity contribution in [3.63, 3.8) is 0 Å². The van der Waals surface area contributed by atoms with E-state index in [0.29, 0.717) is 19.7 Å². The van der Waals surface area contributed by atoms with Gasteiger partial charge in [-0.05, 0) is 27.9 Å². The van der Waals surface area contributed by atoms with E-state index in [1.807, 2.05) is 43.5 Å². The van der Waals surface area contributed by atoms with Gasteiger partial charge in [0, 0.05) is 12.7 Å². The number of nitrogens with zero attached hydrogens (tertiary/aromatic N) is 1. The van der Waals surface area contributed by atoms with Gasteiger partial charge in [0.15, 0.2) is 0 Å². The molecule has 0 aromatic heterocycles. The van der Waals surface area contributed by atoms with Gasteiger partial charge in [-0.1, -0.05) is 37.3 Å². The Kier molecular flexibility index (Phi) is 5.92. The Morgan fingerprint density at radius 2 is 2.14 bits per heavy atom. The number of ether oxygens (including phenoxy) is 1. The number of nitrogens with one attached hydrogen (secondary N) is 2. The smallest absolute Gasteiger partial charge is 0.410 e. The molecule has 2 rings (SSSR count). The van der Waals surface area contributed by atoms with Gasteiger partial charge in [-0.2, -0.15) is 0 Å². The molecule has 1 aliphatic rings. The first-order valence-corrected chi connectivity index (χ1v) is 7.82. The van der Waals surface area contributed by atoms with Crippen molar-refractivity contribution in [1.29, 1.82) is 0 Å². The lowest BCUT2D eigenvalue weighted by molar-refractivity contribution is 0.0924. The molecule has 6 heteroatoms. The lowest BCUT2D eigenvalue weighted by Crippen LogP contribution is -2.46. The van der Waals surface area contributed by atoms with Gasteiger partial charge in [-0.15, -0.1) is 0 Å². The maximum absolute atomic E-state index is 12.2. The fraction of sp³-hybridized carbons (Fsp3) is 0.400. The normalized spacial score (nSPS) is 16.7. The number of carbonyl (C=O) groups is 1. The summed E-state index contributed by atoms with van der Waals surface area (Å²) >= 11 is 3.36. The van der Waals surface area contributed by atoms with Crippen molar-refractivity contribution in [2.75, 3.05) is 13.1 Å². The van der Waals surface area contributed by atoms with Crippen LogP contribution < -0.4 is 10.6 Å². The van der Waals surface area contributed by atoms with Crippen molar-refractivity contribution in [2.45, 2.75) is 26.1 Å². The van der Waals surface area contributed by atoms with E-state index in [2.05, 4.69) is 26.6 Å². The molecule has 1 atom stereocenters. The molecular weight excluding hydrogens is 334 g/mol. The number of carbonyl (C=O) groups excluding carboxylic acids is 1. The molecule has 0 fully saturated rings. The summed E-state index contributed by atoms with van der Waals surface area (Å²) in [4.78, 5) is 13.9. The van der Waals surface area contributed by atoms with Crippen LogP contribution in [0.3, 0.4) is 0 Å². The lowest BCUT2D eigenvalue weighted by atomic mass is 10.2. The molecule has 0 saturated carbocycles. The summed E-state index contributed by atoms with van der Waals surface area (Å²) in [5.41, 5.74) is 0.990. The molecule has 114 valence electrons. The third-order valence-electron chi connectivity index (χ3n) is 3.08. The van der Waals surface area contributed by atoms with Crippen molar-refractivity contribution in [3.05, 3.63) is 46.7 Å². The number of rotatable bonds is 6. The lowest BCUT2D eigenvalue weighted by Gasteiger charge is -2.25. The van der Waals surface area contributed by atoms with Crippen molar-refractivity contribution in [3.8, 4) is 0 Å². The van der Waals surface area contributed by atoms with E-state index >= 15 is 0 Å². The van der Waals surface area contributed by atoms with Crippen LogP contribution in [0.15, 0.2) is 41.1 Å². The number of hydrogen-bond donors (Lipinski definition) is 2. The van der Waals surface area contributed by atoms with E-state index in [4.69, 9.17) is 4.74 Å². The highest BCUT2D eigenvalue weighted by molar-refractivity contribution is 9.11. The maximum Gasteiger partial charge on any atom is 0.410 e. The maximum atomic E-state index is 12.2. The molecule has 5 nitrogen and oxygen atoms in total. The molecule has 1 heterocycles. The fourth-order valence-electron chi connectivity index (χ4n) is 2.08. The summed E-state index contributed by atoms with van der Waals surface area (Å²) in [6.07, 6.45) is 2.45. The summed E-state index contributed by atoms with van der Waals surface area (Å²) in [5, 5.41) is 6.34. The van der Waals surface area contributed by atoms with E-state index < -0.39 is 0 Å². The Morgan fingerprint density at radius 3 is 2.76 bits per heavy atom. The molecule has 0 bridgehead atoms. The van der Waals surface area contributed by atoms with Gasteiger partial charge in [0.05, 0.1) is 11.2 Å². The van der Waals surface area contributed by atoms with Crippen LogP contribution in [0, 0.1) is 0 Å². The van der Waals surface area contributed by atoms with Gasteiger partial charge in [0.25, 0.3) is 0 Å². The molecule has 2 N–H and O–H groups in total. The average molecular weight is 354 g/mol. The van der Waals surface area contributed by atoms with E-state index in [9.17, 15) is 4.79 Å². The molecule has 0 aliphatic carbocycles. The highest BCUT2D eigenvalue weighted by Crippen LogP contribution is 2.09. The standard InChI is InChI=1S/C15H20BrN3O2/c1-2-8-19(10-14-17-9-13(16)18-14)15(20)21-11-12-6-4-3-5-7-12/h3-7,9,14,17-18H,2,8,10-11H2,1H3. The monoisotopic (exact) mass is 353 g/mol. The van der Waals surface area contributed by atoms with Gasteiger partial charge in [-0.25, -0.2) is 4.79 Å². The minimum absolute atomic E-state index is 0.00944. The quantitative estimate of drug-likeness (QED) is 0.772. The molecule has 1 unspecified atom stereocenters. The van der Waals surface area contributed by atoms with Crippen molar-refractivity contribution in [2.24, 2.45) is 0 Å². The highest BCUT2D eigenvalue weighted by atomic mass is 79.9. The molecular formula is C15H20BrN3O2. The van der Waals surface area contributed by atoms with Gasteiger partial charge in [0.1, 0.15) is 12.8 Å². The molecule has 0 spiro atoms.